The number of benzene rings is 3. The fraction of sp³-hybridized carbons (Fsp3) is 0.296. The molecule has 0 fully saturated rings. The third-order valence-corrected chi connectivity index (χ3v) is 5.28. The van der Waals surface area contributed by atoms with Crippen molar-refractivity contribution in [3.63, 3.8) is 0 Å². The number of aryl methyl sites for hydroxylation is 2. The molecule has 0 aliphatic carbocycles. The monoisotopic (exact) mass is 456 g/mol. The van der Waals surface area contributed by atoms with Gasteiger partial charge in [0.15, 0.2) is 6.61 Å². The van der Waals surface area contributed by atoms with Crippen molar-refractivity contribution in [1.82, 2.24) is 0 Å². The van der Waals surface area contributed by atoms with E-state index in [0.717, 1.165) is 5.56 Å². The first-order valence-electron chi connectivity index (χ1n) is 10.8. The van der Waals surface area contributed by atoms with Crippen LogP contribution in [-0.2, 0) is 22.4 Å². The van der Waals surface area contributed by atoms with Gasteiger partial charge in [0.25, 0.3) is 0 Å². The van der Waals surface area contributed by atoms with E-state index in [9.17, 15) is 13.6 Å². The summed E-state index contributed by atoms with van der Waals surface area (Å²) in [7, 11) is 0. The molecule has 0 atom stereocenters. The van der Waals surface area contributed by atoms with Gasteiger partial charge >= 0.3 is 5.97 Å². The lowest BCUT2D eigenvalue weighted by atomic mass is 9.94. The summed E-state index contributed by atoms with van der Waals surface area (Å²) in [4.78, 5) is 11.8. The summed E-state index contributed by atoms with van der Waals surface area (Å²) >= 11 is 0. The van der Waals surface area contributed by atoms with E-state index in [4.69, 9.17) is 9.47 Å². The minimum Gasteiger partial charge on any atom is -0.482 e. The number of carbonyl (C=O) groups is 1. The standard InChI is InChI=1S/C27H27F3O3/c1-16(2)33-26(31)15-32-25-11-10-24(29)22(18(25)4)9-8-20-12-17(3)13-23(27(20)30)19-6-5-7-21(28)14-19/h5-7,10-14,16H,8-9,15H2,1-4H3. The van der Waals surface area contributed by atoms with E-state index in [1.165, 1.54) is 30.3 Å². The summed E-state index contributed by atoms with van der Waals surface area (Å²) in [5, 5.41) is 0. The maximum Gasteiger partial charge on any atom is 0.344 e. The molecule has 0 amide bonds. The van der Waals surface area contributed by atoms with E-state index in [1.807, 2.05) is 6.92 Å². The summed E-state index contributed by atoms with van der Waals surface area (Å²) in [5.41, 5.74) is 2.93. The Hall–Kier alpha value is -3.28. The molecule has 3 rings (SSSR count). The maximum absolute atomic E-state index is 15.3. The minimum absolute atomic E-state index is 0.230. The minimum atomic E-state index is -0.512. The number of rotatable bonds is 8. The Morgan fingerprint density at radius 2 is 1.73 bits per heavy atom. The van der Waals surface area contributed by atoms with Crippen molar-refractivity contribution < 1.29 is 27.4 Å². The predicted molar refractivity (Wildman–Crippen MR) is 122 cm³/mol. The quantitative estimate of drug-likeness (QED) is 0.363. The summed E-state index contributed by atoms with van der Waals surface area (Å²) in [6.07, 6.45) is 0.216. The van der Waals surface area contributed by atoms with E-state index in [0.29, 0.717) is 33.6 Å². The second-order valence-corrected chi connectivity index (χ2v) is 8.27. The molecular weight excluding hydrogens is 429 g/mol. The van der Waals surface area contributed by atoms with Gasteiger partial charge in [0.05, 0.1) is 6.10 Å². The molecule has 0 spiro atoms. The summed E-state index contributed by atoms with van der Waals surface area (Å²) in [6.45, 7) is 6.73. The molecule has 0 aliphatic rings. The molecule has 0 bridgehead atoms. The van der Waals surface area contributed by atoms with Crippen LogP contribution in [0.15, 0.2) is 48.5 Å². The average molecular weight is 457 g/mol. The number of esters is 1. The molecule has 6 heteroatoms. The van der Waals surface area contributed by atoms with Crippen molar-refractivity contribution >= 4 is 5.97 Å². The first-order chi connectivity index (χ1) is 15.7. The highest BCUT2D eigenvalue weighted by Crippen LogP contribution is 2.30. The largest absolute Gasteiger partial charge is 0.482 e. The van der Waals surface area contributed by atoms with Crippen LogP contribution in [0.2, 0.25) is 0 Å². The molecule has 3 aromatic carbocycles. The van der Waals surface area contributed by atoms with Crippen LogP contribution in [0.5, 0.6) is 5.75 Å². The van der Waals surface area contributed by atoms with Crippen molar-refractivity contribution in [2.45, 2.75) is 46.6 Å². The Morgan fingerprint density at radius 3 is 2.42 bits per heavy atom. The Balaban J connectivity index is 1.82. The Bertz CT molecular complexity index is 1160. The van der Waals surface area contributed by atoms with Crippen LogP contribution >= 0.6 is 0 Å². The van der Waals surface area contributed by atoms with Crippen molar-refractivity contribution in [1.29, 1.82) is 0 Å². The topological polar surface area (TPSA) is 35.5 Å². The maximum atomic E-state index is 15.3. The van der Waals surface area contributed by atoms with E-state index in [1.54, 1.807) is 39.0 Å². The molecule has 33 heavy (non-hydrogen) atoms. The van der Waals surface area contributed by atoms with Gasteiger partial charge in [-0.25, -0.2) is 18.0 Å². The third-order valence-electron chi connectivity index (χ3n) is 5.28. The molecule has 0 radical (unpaired) electrons. The van der Waals surface area contributed by atoms with Gasteiger partial charge in [-0.15, -0.1) is 0 Å². The summed E-state index contributed by atoms with van der Waals surface area (Å²) in [5.74, 6) is -1.46. The zero-order valence-electron chi connectivity index (χ0n) is 19.2. The van der Waals surface area contributed by atoms with Crippen LogP contribution < -0.4 is 4.74 Å². The number of carbonyl (C=O) groups excluding carboxylic acids is 1. The molecule has 0 unspecified atom stereocenters. The molecule has 0 aliphatic heterocycles. The summed E-state index contributed by atoms with van der Waals surface area (Å²) in [6, 6.07) is 11.9. The van der Waals surface area contributed by atoms with Crippen LogP contribution in [0.4, 0.5) is 13.2 Å². The molecule has 174 valence electrons. The molecule has 3 nitrogen and oxygen atoms in total. The predicted octanol–water partition coefficient (Wildman–Crippen LogP) is 6.50. The second kappa shape index (κ2) is 10.6. The third kappa shape index (κ3) is 6.15. The highest BCUT2D eigenvalue weighted by molar-refractivity contribution is 5.71. The van der Waals surface area contributed by atoms with Crippen LogP contribution in [-0.4, -0.2) is 18.7 Å². The van der Waals surface area contributed by atoms with Gasteiger partial charge < -0.3 is 9.47 Å². The highest BCUT2D eigenvalue weighted by atomic mass is 19.1. The fourth-order valence-electron chi connectivity index (χ4n) is 3.75. The first-order valence-corrected chi connectivity index (χ1v) is 10.8. The normalized spacial score (nSPS) is 11.0. The van der Waals surface area contributed by atoms with E-state index >= 15 is 4.39 Å². The lowest BCUT2D eigenvalue weighted by Crippen LogP contribution is -2.19. The zero-order valence-corrected chi connectivity index (χ0v) is 19.2. The molecule has 0 aromatic heterocycles. The van der Waals surface area contributed by atoms with E-state index < -0.39 is 23.4 Å². The van der Waals surface area contributed by atoms with E-state index in [-0.39, 0.29) is 25.6 Å². The van der Waals surface area contributed by atoms with Gasteiger partial charge in [-0.2, -0.15) is 0 Å². The van der Waals surface area contributed by atoms with Gasteiger partial charge in [-0.1, -0.05) is 23.8 Å². The number of ether oxygens (including phenoxy) is 2. The SMILES string of the molecule is Cc1cc(CCc2c(F)ccc(OCC(=O)OC(C)C)c2C)c(F)c(-c2cccc(F)c2)c1. The van der Waals surface area contributed by atoms with Gasteiger partial charge in [0.1, 0.15) is 23.2 Å². The van der Waals surface area contributed by atoms with E-state index in [2.05, 4.69) is 0 Å². The number of halogens is 3. The van der Waals surface area contributed by atoms with Gasteiger partial charge in [-0.05, 0) is 93.1 Å². The number of hydrogen-bond donors (Lipinski definition) is 0. The van der Waals surface area contributed by atoms with Gasteiger partial charge in [0.2, 0.25) is 0 Å². The molecular formula is C27H27F3O3. The lowest BCUT2D eigenvalue weighted by Gasteiger charge is -2.15. The molecule has 0 N–H and O–H groups in total. The van der Waals surface area contributed by atoms with Crippen LogP contribution in [0.25, 0.3) is 11.1 Å². The zero-order chi connectivity index (χ0) is 24.1. The molecule has 0 saturated carbocycles. The molecule has 0 heterocycles. The lowest BCUT2D eigenvalue weighted by molar-refractivity contribution is -0.149. The van der Waals surface area contributed by atoms with Gasteiger partial charge in [-0.3, -0.25) is 0 Å². The average Bonchev–Trinajstić information content (AvgIpc) is 2.74. The highest BCUT2D eigenvalue weighted by Gasteiger charge is 2.16. The molecule has 3 aromatic rings. The fourth-order valence-corrected chi connectivity index (χ4v) is 3.75. The van der Waals surface area contributed by atoms with Crippen molar-refractivity contribution in [2.24, 2.45) is 0 Å². The Kier molecular flexibility index (Phi) is 7.79. The van der Waals surface area contributed by atoms with Crippen molar-refractivity contribution in [2.75, 3.05) is 6.61 Å². The first kappa shape index (κ1) is 24.4. The summed E-state index contributed by atoms with van der Waals surface area (Å²) < 4.78 is 54.1. The number of hydrogen-bond acceptors (Lipinski definition) is 3. The van der Waals surface area contributed by atoms with Crippen molar-refractivity contribution in [3.05, 3.63) is 88.2 Å². The van der Waals surface area contributed by atoms with Crippen LogP contribution in [0.1, 0.15) is 36.1 Å². The van der Waals surface area contributed by atoms with Crippen LogP contribution in [0.3, 0.4) is 0 Å². The Morgan fingerprint density at radius 1 is 0.970 bits per heavy atom. The smallest absolute Gasteiger partial charge is 0.344 e. The second-order valence-electron chi connectivity index (χ2n) is 8.27. The van der Waals surface area contributed by atoms with Crippen molar-refractivity contribution in [3.8, 4) is 16.9 Å². The van der Waals surface area contributed by atoms with Crippen LogP contribution in [0, 0.1) is 31.3 Å². The van der Waals surface area contributed by atoms with Gasteiger partial charge in [0, 0.05) is 5.56 Å². The molecule has 0 saturated heterocycles. The Labute approximate surface area is 192 Å².